The summed E-state index contributed by atoms with van der Waals surface area (Å²) in [6.07, 6.45) is 0. The zero-order valence-electron chi connectivity index (χ0n) is 13.7. The predicted octanol–water partition coefficient (Wildman–Crippen LogP) is 3.69. The molecule has 24 heavy (non-hydrogen) atoms. The van der Waals surface area contributed by atoms with Gasteiger partial charge in [-0.05, 0) is 49.7 Å². The molecule has 1 aliphatic heterocycles. The largest absolute Gasteiger partial charge is 0.495 e. The monoisotopic (exact) mass is 342 g/mol. The number of methoxy groups -OCH3 is 1. The third kappa shape index (κ3) is 3.23. The predicted molar refractivity (Wildman–Crippen MR) is 96.1 cm³/mol. The summed E-state index contributed by atoms with van der Waals surface area (Å²) >= 11 is 1.49. The van der Waals surface area contributed by atoms with E-state index in [0.717, 1.165) is 10.5 Å². The molecule has 6 heteroatoms. The van der Waals surface area contributed by atoms with Crippen molar-refractivity contribution in [3.05, 3.63) is 47.5 Å². The minimum atomic E-state index is -0.250. The summed E-state index contributed by atoms with van der Waals surface area (Å²) in [4.78, 5) is 25.3. The number of thioether (sulfide) groups is 1. The number of rotatable bonds is 3. The van der Waals surface area contributed by atoms with E-state index in [1.165, 1.54) is 11.8 Å². The van der Waals surface area contributed by atoms with E-state index < -0.39 is 0 Å². The van der Waals surface area contributed by atoms with Crippen LogP contribution in [-0.2, 0) is 4.79 Å². The van der Waals surface area contributed by atoms with Crippen LogP contribution in [-0.4, -0.2) is 24.2 Å². The van der Waals surface area contributed by atoms with Gasteiger partial charge in [-0.1, -0.05) is 6.07 Å². The van der Waals surface area contributed by atoms with Crippen molar-refractivity contribution in [1.82, 2.24) is 0 Å². The summed E-state index contributed by atoms with van der Waals surface area (Å²) in [5, 5.41) is 5.57. The second-order valence-corrected chi connectivity index (χ2v) is 7.00. The first kappa shape index (κ1) is 16.4. The first-order valence-corrected chi connectivity index (χ1v) is 8.43. The average Bonchev–Trinajstić information content (AvgIpc) is 2.55. The molecule has 2 aromatic rings. The van der Waals surface area contributed by atoms with Gasteiger partial charge in [0.25, 0.3) is 5.91 Å². The smallest absolute Gasteiger partial charge is 0.255 e. The van der Waals surface area contributed by atoms with Crippen LogP contribution < -0.4 is 15.4 Å². The quantitative estimate of drug-likeness (QED) is 0.893. The molecule has 0 saturated heterocycles. The maximum Gasteiger partial charge on any atom is 0.255 e. The van der Waals surface area contributed by atoms with Crippen LogP contribution in [0.4, 0.5) is 11.4 Å². The van der Waals surface area contributed by atoms with Gasteiger partial charge in [-0.3, -0.25) is 9.59 Å². The molecule has 0 radical (unpaired) electrons. The third-order valence-corrected chi connectivity index (χ3v) is 4.95. The van der Waals surface area contributed by atoms with Gasteiger partial charge in [0.1, 0.15) is 5.75 Å². The third-order valence-electron chi connectivity index (χ3n) is 3.78. The fourth-order valence-corrected chi connectivity index (χ4v) is 3.39. The number of ether oxygens (including phenoxy) is 1. The minimum Gasteiger partial charge on any atom is -0.495 e. The average molecular weight is 342 g/mol. The van der Waals surface area contributed by atoms with Crippen molar-refractivity contribution in [2.75, 3.05) is 17.7 Å². The summed E-state index contributed by atoms with van der Waals surface area (Å²) in [5.41, 5.74) is 2.79. The van der Waals surface area contributed by atoms with E-state index in [1.807, 2.05) is 38.1 Å². The molecule has 5 nitrogen and oxygen atoms in total. The van der Waals surface area contributed by atoms with Crippen molar-refractivity contribution in [3.8, 4) is 5.75 Å². The van der Waals surface area contributed by atoms with E-state index in [2.05, 4.69) is 10.6 Å². The summed E-state index contributed by atoms with van der Waals surface area (Å²) < 4.78 is 5.28. The van der Waals surface area contributed by atoms with Crippen LogP contribution in [0.25, 0.3) is 0 Å². The molecular weight excluding hydrogens is 324 g/mol. The van der Waals surface area contributed by atoms with Crippen LogP contribution in [0.2, 0.25) is 0 Å². The molecule has 0 bridgehead atoms. The molecular formula is C18H18N2O3S. The Morgan fingerprint density at radius 2 is 2.04 bits per heavy atom. The lowest BCUT2D eigenvalue weighted by atomic mass is 10.1. The molecule has 0 unspecified atom stereocenters. The van der Waals surface area contributed by atoms with Gasteiger partial charge >= 0.3 is 0 Å². The van der Waals surface area contributed by atoms with Crippen LogP contribution in [0.3, 0.4) is 0 Å². The highest BCUT2D eigenvalue weighted by Gasteiger charge is 2.23. The summed E-state index contributed by atoms with van der Waals surface area (Å²) in [6.45, 7) is 3.80. The molecule has 0 fully saturated rings. The second-order valence-electron chi connectivity index (χ2n) is 5.62. The van der Waals surface area contributed by atoms with Crippen molar-refractivity contribution in [2.24, 2.45) is 0 Å². The minimum absolute atomic E-state index is 0.0505. The topological polar surface area (TPSA) is 67.4 Å². The Bertz CT molecular complexity index is 820. The Morgan fingerprint density at radius 3 is 2.79 bits per heavy atom. The molecule has 1 aliphatic rings. The van der Waals surface area contributed by atoms with Crippen LogP contribution in [0.1, 0.15) is 22.8 Å². The highest BCUT2D eigenvalue weighted by Crippen LogP contribution is 2.36. The number of carbonyl (C=O) groups excluding carboxylic acids is 2. The lowest BCUT2D eigenvalue weighted by Crippen LogP contribution is -2.26. The van der Waals surface area contributed by atoms with Crippen LogP contribution in [0.15, 0.2) is 41.3 Å². The number of nitrogens with one attached hydrogen (secondary N) is 2. The molecule has 2 amide bonds. The van der Waals surface area contributed by atoms with E-state index in [0.29, 0.717) is 22.7 Å². The van der Waals surface area contributed by atoms with E-state index >= 15 is 0 Å². The zero-order chi connectivity index (χ0) is 17.3. The standard InChI is InChI=1S/C18H18N2O3S/c1-10-4-6-15(23-3)13(8-10)19-18(22)12-5-7-16-14(9-12)20-17(21)11(2)24-16/h4-9,11H,1-3H3,(H,19,22)(H,20,21)/t11-/m0/s1. The number of hydrogen-bond donors (Lipinski definition) is 2. The molecule has 1 heterocycles. The van der Waals surface area contributed by atoms with Gasteiger partial charge in [0.2, 0.25) is 5.91 Å². The van der Waals surface area contributed by atoms with E-state index in [9.17, 15) is 9.59 Å². The lowest BCUT2D eigenvalue weighted by molar-refractivity contribution is -0.115. The van der Waals surface area contributed by atoms with Gasteiger partial charge in [0.15, 0.2) is 0 Å². The van der Waals surface area contributed by atoms with Gasteiger partial charge in [0.05, 0.1) is 23.7 Å². The Kier molecular flexibility index (Phi) is 4.49. The van der Waals surface area contributed by atoms with Crippen molar-refractivity contribution in [3.63, 3.8) is 0 Å². The van der Waals surface area contributed by atoms with E-state index in [1.54, 1.807) is 19.2 Å². The fourth-order valence-electron chi connectivity index (χ4n) is 2.46. The van der Waals surface area contributed by atoms with E-state index in [-0.39, 0.29) is 17.1 Å². The molecule has 0 saturated carbocycles. The van der Waals surface area contributed by atoms with Crippen molar-refractivity contribution >= 4 is 35.0 Å². The summed E-state index contributed by atoms with van der Waals surface area (Å²) in [5.74, 6) is 0.301. The van der Waals surface area contributed by atoms with Gasteiger partial charge in [-0.25, -0.2) is 0 Å². The SMILES string of the molecule is COc1ccc(C)cc1NC(=O)c1ccc2c(c1)NC(=O)[C@H](C)S2. The molecule has 1 atom stereocenters. The molecule has 2 aromatic carbocycles. The molecule has 124 valence electrons. The molecule has 3 rings (SSSR count). The molecule has 0 aliphatic carbocycles. The first-order chi connectivity index (χ1) is 11.5. The molecule has 2 N–H and O–H groups in total. The summed E-state index contributed by atoms with van der Waals surface area (Å²) in [7, 11) is 1.56. The summed E-state index contributed by atoms with van der Waals surface area (Å²) in [6, 6.07) is 10.9. The van der Waals surface area contributed by atoms with Crippen LogP contribution in [0, 0.1) is 6.92 Å². The van der Waals surface area contributed by atoms with Gasteiger partial charge in [-0.2, -0.15) is 0 Å². The van der Waals surface area contributed by atoms with Crippen molar-refractivity contribution in [2.45, 2.75) is 24.0 Å². The number of aryl methyl sites for hydroxylation is 1. The van der Waals surface area contributed by atoms with Crippen LogP contribution in [0.5, 0.6) is 5.75 Å². The van der Waals surface area contributed by atoms with Gasteiger partial charge < -0.3 is 15.4 Å². The molecule has 0 spiro atoms. The number of hydrogen-bond acceptors (Lipinski definition) is 4. The zero-order valence-corrected chi connectivity index (χ0v) is 14.5. The number of anilines is 2. The van der Waals surface area contributed by atoms with Crippen molar-refractivity contribution in [1.29, 1.82) is 0 Å². The lowest BCUT2D eigenvalue weighted by Gasteiger charge is -2.21. The highest BCUT2D eigenvalue weighted by molar-refractivity contribution is 8.00. The Hall–Kier alpha value is -2.47. The number of amides is 2. The Morgan fingerprint density at radius 1 is 1.25 bits per heavy atom. The normalized spacial score (nSPS) is 16.1. The number of carbonyl (C=O) groups is 2. The Labute approximate surface area is 144 Å². The van der Waals surface area contributed by atoms with Crippen molar-refractivity contribution < 1.29 is 14.3 Å². The van der Waals surface area contributed by atoms with Gasteiger partial charge in [-0.15, -0.1) is 11.8 Å². The maximum atomic E-state index is 12.5. The Balaban J connectivity index is 1.85. The van der Waals surface area contributed by atoms with Crippen LogP contribution >= 0.6 is 11.8 Å². The second kappa shape index (κ2) is 6.57. The fraction of sp³-hybridized carbons (Fsp3) is 0.222. The number of benzene rings is 2. The highest BCUT2D eigenvalue weighted by atomic mass is 32.2. The first-order valence-electron chi connectivity index (χ1n) is 7.55. The number of fused-ring (bicyclic) bond motifs is 1. The van der Waals surface area contributed by atoms with E-state index in [4.69, 9.17) is 4.74 Å². The molecule has 0 aromatic heterocycles. The van der Waals surface area contributed by atoms with Gasteiger partial charge in [0, 0.05) is 10.5 Å². The maximum absolute atomic E-state index is 12.5.